The molecule has 1 aliphatic rings. The van der Waals surface area contributed by atoms with Crippen molar-refractivity contribution in [3.05, 3.63) is 51.6 Å². The Hall–Kier alpha value is -2.23. The first-order valence-electron chi connectivity index (χ1n) is 10.7. The van der Waals surface area contributed by atoms with E-state index in [1.165, 1.54) is 11.0 Å². The van der Waals surface area contributed by atoms with E-state index >= 15 is 0 Å². The molecule has 1 fully saturated rings. The zero-order valence-electron chi connectivity index (χ0n) is 19.1. The van der Waals surface area contributed by atoms with Crippen LogP contribution in [0.4, 0.5) is 10.6 Å². The first kappa shape index (κ1) is 25.4. The third kappa shape index (κ3) is 6.22. The molecule has 2 atom stereocenters. The fourth-order valence-corrected chi connectivity index (χ4v) is 4.44. The van der Waals surface area contributed by atoms with Crippen LogP contribution in [-0.2, 0) is 20.9 Å². The summed E-state index contributed by atoms with van der Waals surface area (Å²) < 4.78 is 12.2. The average molecular weight is 540 g/mol. The molecule has 1 aliphatic heterocycles. The molecule has 1 aromatic carbocycles. The molecule has 33 heavy (non-hydrogen) atoms. The molecule has 0 radical (unpaired) electrons. The number of hydrogen-bond donors (Lipinski definition) is 1. The summed E-state index contributed by atoms with van der Waals surface area (Å²) in [5.74, 6) is -0.172. The van der Waals surface area contributed by atoms with Crippen molar-refractivity contribution in [3.8, 4) is 0 Å². The number of carbonyl (C=O) groups excluding carboxylic acids is 2. The Morgan fingerprint density at radius 1 is 1.27 bits per heavy atom. The third-order valence-electron chi connectivity index (χ3n) is 5.37. The number of rotatable bonds is 6. The minimum atomic E-state index is -1.18. The summed E-state index contributed by atoms with van der Waals surface area (Å²) in [6.07, 6.45) is -0.225. The Labute approximate surface area is 207 Å². The molecule has 0 unspecified atom stereocenters. The lowest BCUT2D eigenvalue weighted by molar-refractivity contribution is -0.126. The van der Waals surface area contributed by atoms with Crippen LogP contribution in [0, 0.1) is 0 Å². The number of aromatic nitrogens is 2. The minimum Gasteiger partial charge on any atom is -0.444 e. The van der Waals surface area contributed by atoms with Crippen molar-refractivity contribution in [3.63, 3.8) is 0 Å². The van der Waals surface area contributed by atoms with E-state index in [1.54, 1.807) is 20.8 Å². The van der Waals surface area contributed by atoms with Crippen LogP contribution in [0.25, 0.3) is 0 Å². The lowest BCUT2D eigenvalue weighted by Gasteiger charge is -2.36. The van der Waals surface area contributed by atoms with Gasteiger partial charge < -0.3 is 14.8 Å². The normalized spacial score (nSPS) is 20.5. The lowest BCUT2D eigenvalue weighted by Crippen LogP contribution is -2.56. The summed E-state index contributed by atoms with van der Waals surface area (Å²) >= 11 is 9.20. The van der Waals surface area contributed by atoms with E-state index in [0.29, 0.717) is 23.9 Å². The number of ether oxygens (including phenoxy) is 2. The number of hydrogen-bond acceptors (Lipinski definition) is 6. The number of anilines is 1. The van der Waals surface area contributed by atoms with Gasteiger partial charge in [-0.1, -0.05) is 48.9 Å². The van der Waals surface area contributed by atoms with Crippen LogP contribution in [0.15, 0.2) is 40.9 Å². The molecule has 1 saturated heterocycles. The first-order chi connectivity index (χ1) is 15.5. The van der Waals surface area contributed by atoms with Gasteiger partial charge in [0.05, 0.1) is 23.7 Å². The molecule has 0 aliphatic carbocycles. The maximum atomic E-state index is 13.6. The highest BCUT2D eigenvalue weighted by Crippen LogP contribution is 2.37. The van der Waals surface area contributed by atoms with Crippen LogP contribution in [0.2, 0.25) is 5.15 Å². The van der Waals surface area contributed by atoms with Crippen molar-refractivity contribution in [2.45, 2.75) is 64.4 Å². The van der Waals surface area contributed by atoms with Crippen LogP contribution in [0.1, 0.15) is 46.1 Å². The Morgan fingerprint density at radius 2 is 1.97 bits per heavy atom. The van der Waals surface area contributed by atoms with Gasteiger partial charge in [-0.05, 0) is 54.8 Å². The van der Waals surface area contributed by atoms with E-state index in [1.807, 2.05) is 37.3 Å². The van der Waals surface area contributed by atoms with Gasteiger partial charge in [-0.15, -0.1) is 10.2 Å². The number of halogens is 2. The Bertz CT molecular complexity index is 1000. The number of carbonyl (C=O) groups is 2. The van der Waals surface area contributed by atoms with Crippen molar-refractivity contribution >= 4 is 45.3 Å². The van der Waals surface area contributed by atoms with Crippen molar-refractivity contribution < 1.29 is 19.1 Å². The molecule has 2 amide bonds. The molecule has 0 saturated carbocycles. The van der Waals surface area contributed by atoms with Gasteiger partial charge in [0.15, 0.2) is 11.0 Å². The van der Waals surface area contributed by atoms with E-state index < -0.39 is 17.2 Å². The van der Waals surface area contributed by atoms with E-state index in [2.05, 4.69) is 31.4 Å². The van der Waals surface area contributed by atoms with Crippen LogP contribution >= 0.6 is 27.5 Å². The highest BCUT2D eigenvalue weighted by Gasteiger charge is 2.54. The topological polar surface area (TPSA) is 93.6 Å². The quantitative estimate of drug-likeness (QED) is 0.542. The predicted molar refractivity (Wildman–Crippen MR) is 129 cm³/mol. The fourth-order valence-electron chi connectivity index (χ4n) is 3.76. The average Bonchev–Trinajstić information content (AvgIpc) is 3.14. The molecule has 10 heteroatoms. The van der Waals surface area contributed by atoms with Gasteiger partial charge >= 0.3 is 6.09 Å². The smallest absolute Gasteiger partial charge is 0.411 e. The van der Waals surface area contributed by atoms with E-state index in [9.17, 15) is 9.59 Å². The van der Waals surface area contributed by atoms with Crippen LogP contribution in [0.5, 0.6) is 0 Å². The van der Waals surface area contributed by atoms with Gasteiger partial charge in [0, 0.05) is 6.42 Å². The molecule has 178 valence electrons. The number of nitrogens with zero attached hydrogens (tertiary/aromatic N) is 3. The number of amides is 2. The van der Waals surface area contributed by atoms with Crippen LogP contribution in [-0.4, -0.2) is 50.9 Å². The number of likely N-dealkylation sites (tertiary alicyclic amines) is 1. The maximum Gasteiger partial charge on any atom is 0.411 e. The summed E-state index contributed by atoms with van der Waals surface area (Å²) in [5, 5.41) is 10.7. The van der Waals surface area contributed by atoms with Gasteiger partial charge in [0.25, 0.3) is 5.91 Å². The van der Waals surface area contributed by atoms with Crippen molar-refractivity contribution in [2.24, 2.45) is 0 Å². The molecular formula is C23H28BrClN4O4. The lowest BCUT2D eigenvalue weighted by atomic mass is 9.91. The van der Waals surface area contributed by atoms with Gasteiger partial charge in [0.1, 0.15) is 11.1 Å². The first-order valence-corrected chi connectivity index (χ1v) is 11.9. The fraction of sp³-hybridized carbons (Fsp3) is 0.478. The van der Waals surface area contributed by atoms with Gasteiger partial charge in [-0.3, -0.25) is 9.69 Å². The zero-order valence-corrected chi connectivity index (χ0v) is 21.4. The van der Waals surface area contributed by atoms with Crippen LogP contribution in [0.3, 0.4) is 0 Å². The van der Waals surface area contributed by atoms with Crippen molar-refractivity contribution in [1.82, 2.24) is 15.1 Å². The van der Waals surface area contributed by atoms with E-state index in [-0.39, 0.29) is 29.5 Å². The second-order valence-corrected chi connectivity index (χ2v) is 10.2. The Morgan fingerprint density at radius 3 is 2.58 bits per heavy atom. The Balaban J connectivity index is 1.85. The van der Waals surface area contributed by atoms with E-state index in [4.69, 9.17) is 21.1 Å². The summed E-state index contributed by atoms with van der Waals surface area (Å²) in [5.41, 5.74) is -0.870. The second kappa shape index (κ2) is 10.4. The van der Waals surface area contributed by atoms with E-state index in [0.717, 1.165) is 5.56 Å². The molecule has 1 aromatic heterocycles. The number of benzene rings is 1. The maximum absolute atomic E-state index is 13.6. The molecule has 3 rings (SSSR count). The molecule has 0 spiro atoms. The van der Waals surface area contributed by atoms with Crippen molar-refractivity contribution in [1.29, 1.82) is 0 Å². The highest BCUT2D eigenvalue weighted by molar-refractivity contribution is 9.10. The molecular weight excluding hydrogens is 512 g/mol. The second-order valence-electron chi connectivity index (χ2n) is 8.92. The summed E-state index contributed by atoms with van der Waals surface area (Å²) in [7, 11) is 0. The highest BCUT2D eigenvalue weighted by atomic mass is 79.9. The Kier molecular flexibility index (Phi) is 7.97. The zero-order chi connectivity index (χ0) is 24.2. The predicted octanol–water partition coefficient (Wildman–Crippen LogP) is 5.21. The summed E-state index contributed by atoms with van der Waals surface area (Å²) in [6.45, 7) is 7.84. The molecule has 0 bridgehead atoms. The van der Waals surface area contributed by atoms with Gasteiger partial charge in [-0.25, -0.2) is 4.79 Å². The summed E-state index contributed by atoms with van der Waals surface area (Å²) in [4.78, 5) is 28.2. The molecule has 2 heterocycles. The number of nitrogens with one attached hydrogen (secondary N) is 1. The monoisotopic (exact) mass is 538 g/mol. The van der Waals surface area contributed by atoms with Gasteiger partial charge in [0.2, 0.25) is 0 Å². The molecule has 8 nitrogen and oxygen atoms in total. The minimum absolute atomic E-state index is 0.190. The van der Waals surface area contributed by atoms with Gasteiger partial charge in [-0.2, -0.15) is 0 Å². The molecule has 2 aromatic rings. The standard InChI is InChI=1S/C23H28BrClN4O4/c1-5-23(20(30)26-19-17(24)11-18(25)27-28-19)12-16(32-14-15-9-7-6-8-10-15)13-29(23)21(31)33-22(2,3)4/h6-11,16H,5,12-14H2,1-4H3,(H,26,28,30)/t16-,23+/m1/s1. The largest absolute Gasteiger partial charge is 0.444 e. The van der Waals surface area contributed by atoms with Crippen molar-refractivity contribution in [2.75, 3.05) is 11.9 Å². The van der Waals surface area contributed by atoms with Crippen LogP contribution < -0.4 is 5.32 Å². The third-order valence-corrected chi connectivity index (χ3v) is 6.16. The molecule has 1 N–H and O–H groups in total. The summed E-state index contributed by atoms with van der Waals surface area (Å²) in [6, 6.07) is 11.3. The SMILES string of the molecule is CC[C@@]1(C(=O)Nc2nnc(Cl)cc2Br)C[C@@H](OCc2ccccc2)CN1C(=O)OC(C)(C)C.